The Labute approximate surface area is 148 Å². The maximum absolute atomic E-state index is 4.42. The van der Waals surface area contributed by atoms with Gasteiger partial charge in [0.25, 0.3) is 0 Å². The average molecular weight is 337 g/mol. The molecule has 0 amide bonds. The fourth-order valence-electron chi connectivity index (χ4n) is 3.09. The van der Waals surface area contributed by atoms with Gasteiger partial charge >= 0.3 is 0 Å². The fourth-order valence-corrected chi connectivity index (χ4v) is 4.27. The van der Waals surface area contributed by atoms with Crippen molar-refractivity contribution in [3.8, 4) is 0 Å². The van der Waals surface area contributed by atoms with Crippen LogP contribution in [0.2, 0.25) is 0 Å². The van der Waals surface area contributed by atoms with Gasteiger partial charge in [0.2, 0.25) is 0 Å². The summed E-state index contributed by atoms with van der Waals surface area (Å²) in [6.45, 7) is 14.9. The van der Waals surface area contributed by atoms with Crippen LogP contribution in [0.1, 0.15) is 32.8 Å². The van der Waals surface area contributed by atoms with Crippen LogP contribution in [-0.4, -0.2) is 12.3 Å². The van der Waals surface area contributed by atoms with Crippen LogP contribution in [0.15, 0.2) is 78.7 Å². The molecule has 0 radical (unpaired) electrons. The molecule has 0 N–H and O–H groups in total. The Hall–Kier alpha value is -1.85. The zero-order chi connectivity index (χ0) is 17.5. The van der Waals surface area contributed by atoms with Gasteiger partial charge in [0, 0.05) is 23.0 Å². The molecule has 2 rings (SSSR count). The van der Waals surface area contributed by atoms with Gasteiger partial charge in [-0.15, -0.1) is 8.58 Å². The Kier molecular flexibility index (Phi) is 6.82. The highest BCUT2D eigenvalue weighted by atomic mass is 31.1. The van der Waals surface area contributed by atoms with Gasteiger partial charge in [0.05, 0.1) is 5.69 Å². The maximum Gasteiger partial charge on any atom is 0.0533 e. The van der Waals surface area contributed by atoms with Gasteiger partial charge in [-0.05, 0) is 43.4 Å². The van der Waals surface area contributed by atoms with Crippen molar-refractivity contribution in [2.75, 3.05) is 17.2 Å². The van der Waals surface area contributed by atoms with Gasteiger partial charge in [-0.3, -0.25) is 0 Å². The third-order valence-corrected chi connectivity index (χ3v) is 5.70. The highest BCUT2D eigenvalue weighted by Gasteiger charge is 2.26. The average Bonchev–Trinajstić information content (AvgIpc) is 2.61. The van der Waals surface area contributed by atoms with Gasteiger partial charge in [-0.2, -0.15) is 0 Å². The quantitative estimate of drug-likeness (QED) is 0.404. The first-order valence-corrected chi connectivity index (χ1v) is 10.0. The van der Waals surface area contributed by atoms with Gasteiger partial charge in [0.1, 0.15) is 0 Å². The predicted octanol–water partition coefficient (Wildman–Crippen LogP) is 6.53. The third kappa shape index (κ3) is 3.62. The number of nitrogens with zero attached hydrogens (tertiary/aromatic N) is 1. The van der Waals surface area contributed by atoms with Crippen LogP contribution in [0.3, 0.4) is 0 Å². The highest BCUT2D eigenvalue weighted by molar-refractivity contribution is 7.38. The molecule has 24 heavy (non-hydrogen) atoms. The summed E-state index contributed by atoms with van der Waals surface area (Å²) < 4.78 is 0. The van der Waals surface area contributed by atoms with Gasteiger partial charge in [0.15, 0.2) is 0 Å². The first-order chi connectivity index (χ1) is 11.7. The lowest BCUT2D eigenvalue weighted by Gasteiger charge is -2.34. The summed E-state index contributed by atoms with van der Waals surface area (Å²) >= 11 is 0. The first-order valence-electron chi connectivity index (χ1n) is 8.63. The smallest absolute Gasteiger partial charge is 0.0533 e. The van der Waals surface area contributed by atoms with E-state index in [0.717, 1.165) is 20.4 Å². The zero-order valence-electron chi connectivity index (χ0n) is 15.1. The molecule has 1 atom stereocenters. The second-order valence-corrected chi connectivity index (χ2v) is 7.15. The van der Waals surface area contributed by atoms with E-state index in [1.807, 2.05) is 13.0 Å². The number of para-hydroxylation sites is 1. The van der Waals surface area contributed by atoms with Crippen molar-refractivity contribution < 1.29 is 0 Å². The summed E-state index contributed by atoms with van der Waals surface area (Å²) in [5.74, 6) is 0. The SMILES string of the molecule is C=CC1=C(/C(=C\C)CPCCC)C(=C)N(/C=C\C)c2ccccc21. The van der Waals surface area contributed by atoms with Crippen LogP contribution >= 0.6 is 8.58 Å². The van der Waals surface area contributed by atoms with E-state index in [9.17, 15) is 0 Å². The van der Waals surface area contributed by atoms with E-state index in [0.29, 0.717) is 0 Å². The minimum atomic E-state index is 0.956. The van der Waals surface area contributed by atoms with Crippen LogP contribution in [0.5, 0.6) is 0 Å². The molecule has 0 saturated carbocycles. The van der Waals surface area contributed by atoms with Crippen LogP contribution in [-0.2, 0) is 0 Å². The Bertz CT molecular complexity index is 706. The van der Waals surface area contributed by atoms with E-state index >= 15 is 0 Å². The molecule has 126 valence electrons. The van der Waals surface area contributed by atoms with Crippen LogP contribution in [0, 0.1) is 0 Å². The van der Waals surface area contributed by atoms with Crippen molar-refractivity contribution in [2.24, 2.45) is 0 Å². The standard InChI is InChI=1S/C22H28NP/c1-6-14-23-17(5)22(18(8-3)16-24-15-7-2)19(9-4)20-12-10-11-13-21(20)23/h6,8-14,24H,4-5,7,15-16H2,1-3H3/b14-6-,18-8-. The van der Waals surface area contributed by atoms with Gasteiger partial charge < -0.3 is 4.90 Å². The second kappa shape index (κ2) is 8.85. The van der Waals surface area contributed by atoms with Crippen molar-refractivity contribution in [3.63, 3.8) is 0 Å². The summed E-state index contributed by atoms with van der Waals surface area (Å²) in [7, 11) is 0.956. The van der Waals surface area contributed by atoms with Crippen molar-refractivity contribution in [1.29, 1.82) is 0 Å². The topological polar surface area (TPSA) is 3.24 Å². The number of rotatable bonds is 7. The Morgan fingerprint density at radius 1 is 1.25 bits per heavy atom. The predicted molar refractivity (Wildman–Crippen MR) is 112 cm³/mol. The normalized spacial score (nSPS) is 15.7. The van der Waals surface area contributed by atoms with E-state index in [-0.39, 0.29) is 0 Å². The molecular weight excluding hydrogens is 309 g/mol. The largest absolute Gasteiger partial charge is 0.317 e. The molecule has 1 nitrogen and oxygen atoms in total. The number of hydrogen-bond donors (Lipinski definition) is 0. The molecule has 0 spiro atoms. The molecule has 1 aliphatic heterocycles. The van der Waals surface area contributed by atoms with E-state index in [4.69, 9.17) is 0 Å². The van der Waals surface area contributed by atoms with Crippen LogP contribution in [0.4, 0.5) is 5.69 Å². The summed E-state index contributed by atoms with van der Waals surface area (Å²) in [6, 6.07) is 8.50. The molecule has 1 heterocycles. The molecule has 1 aliphatic rings. The van der Waals surface area contributed by atoms with Crippen molar-refractivity contribution in [1.82, 2.24) is 0 Å². The Morgan fingerprint density at radius 3 is 2.62 bits per heavy atom. The monoisotopic (exact) mass is 337 g/mol. The van der Waals surface area contributed by atoms with E-state index < -0.39 is 0 Å². The van der Waals surface area contributed by atoms with Crippen molar-refractivity contribution >= 4 is 19.8 Å². The summed E-state index contributed by atoms with van der Waals surface area (Å²) in [5.41, 5.74) is 7.26. The minimum Gasteiger partial charge on any atom is -0.317 e. The number of allylic oxidation sites excluding steroid dienone is 5. The zero-order valence-corrected chi connectivity index (χ0v) is 16.1. The lowest BCUT2D eigenvalue weighted by Crippen LogP contribution is -2.23. The minimum absolute atomic E-state index is 0.956. The van der Waals surface area contributed by atoms with Crippen molar-refractivity contribution in [3.05, 3.63) is 84.3 Å². The maximum atomic E-state index is 4.42. The van der Waals surface area contributed by atoms with Crippen LogP contribution < -0.4 is 4.90 Å². The van der Waals surface area contributed by atoms with Gasteiger partial charge in [-0.25, -0.2) is 0 Å². The van der Waals surface area contributed by atoms with Crippen LogP contribution in [0.25, 0.3) is 5.57 Å². The lowest BCUT2D eigenvalue weighted by atomic mass is 9.87. The molecule has 0 fully saturated rings. The molecule has 1 unspecified atom stereocenters. The molecule has 0 aromatic heterocycles. The molecule has 0 bridgehead atoms. The van der Waals surface area contributed by atoms with E-state index in [2.05, 4.69) is 74.5 Å². The highest BCUT2D eigenvalue weighted by Crippen LogP contribution is 2.43. The molecule has 1 aromatic rings. The second-order valence-electron chi connectivity index (χ2n) is 5.80. The first kappa shape index (κ1) is 18.5. The molecule has 1 aromatic carbocycles. The molecular formula is C22H28NP. The number of fused-ring (bicyclic) bond motifs is 1. The number of hydrogen-bond acceptors (Lipinski definition) is 1. The number of benzene rings is 1. The fraction of sp³-hybridized carbons (Fsp3) is 0.273. The molecule has 0 saturated heterocycles. The molecule has 0 aliphatic carbocycles. The lowest BCUT2D eigenvalue weighted by molar-refractivity contribution is 1.10. The Balaban J connectivity index is 2.59. The Morgan fingerprint density at radius 2 is 2.00 bits per heavy atom. The van der Waals surface area contributed by atoms with E-state index in [1.54, 1.807) is 0 Å². The van der Waals surface area contributed by atoms with Crippen molar-refractivity contribution in [2.45, 2.75) is 27.2 Å². The van der Waals surface area contributed by atoms with Gasteiger partial charge in [-0.1, -0.05) is 62.9 Å². The third-order valence-electron chi connectivity index (χ3n) is 4.22. The van der Waals surface area contributed by atoms with E-state index in [1.165, 1.54) is 40.6 Å². The number of anilines is 1. The summed E-state index contributed by atoms with van der Waals surface area (Å²) in [4.78, 5) is 2.20. The molecule has 2 heteroatoms. The summed E-state index contributed by atoms with van der Waals surface area (Å²) in [5, 5.41) is 0. The summed E-state index contributed by atoms with van der Waals surface area (Å²) in [6.07, 6.45) is 12.0.